The third-order valence-electron chi connectivity index (χ3n) is 7.41. The molecule has 3 saturated heterocycles. The molecule has 1 unspecified atom stereocenters. The van der Waals surface area contributed by atoms with Gasteiger partial charge in [0.1, 0.15) is 11.9 Å². The Kier molecular flexibility index (Phi) is 6.26. The average Bonchev–Trinajstić information content (AvgIpc) is 2.87. The van der Waals surface area contributed by atoms with Gasteiger partial charge in [-0.25, -0.2) is 4.79 Å². The molecule has 0 N–H and O–H groups in total. The van der Waals surface area contributed by atoms with Gasteiger partial charge in [-0.1, -0.05) is 24.9 Å². The van der Waals surface area contributed by atoms with Gasteiger partial charge in [-0.05, 0) is 79.8 Å². The molecule has 0 amide bonds. The van der Waals surface area contributed by atoms with Crippen LogP contribution in [0.1, 0.15) is 48.2 Å². The van der Waals surface area contributed by atoms with Gasteiger partial charge >= 0.3 is 5.97 Å². The van der Waals surface area contributed by atoms with Crippen LogP contribution in [0, 0.1) is 11.8 Å². The zero-order chi connectivity index (χ0) is 22.9. The van der Waals surface area contributed by atoms with Crippen LogP contribution in [-0.2, 0) is 4.74 Å². The first-order valence-electron chi connectivity index (χ1n) is 11.7. The van der Waals surface area contributed by atoms with Gasteiger partial charge in [0.05, 0.1) is 24.2 Å². The van der Waals surface area contributed by atoms with Gasteiger partial charge < -0.3 is 9.47 Å². The van der Waals surface area contributed by atoms with E-state index in [0.717, 1.165) is 47.6 Å². The summed E-state index contributed by atoms with van der Waals surface area (Å²) in [7, 11) is 1.66. The zero-order valence-corrected chi connectivity index (χ0v) is 19.8. The molecule has 4 heterocycles. The molecule has 3 aliphatic rings. The van der Waals surface area contributed by atoms with E-state index in [-0.39, 0.29) is 12.0 Å². The van der Waals surface area contributed by atoms with Crippen molar-refractivity contribution in [3.05, 3.63) is 70.9 Å². The summed E-state index contributed by atoms with van der Waals surface area (Å²) < 4.78 is 11.8. The number of hydrogen-bond acceptors (Lipinski definition) is 5. The lowest BCUT2D eigenvalue weighted by Crippen LogP contribution is -2.55. The van der Waals surface area contributed by atoms with Gasteiger partial charge in [0, 0.05) is 28.7 Å². The molecule has 0 spiro atoms. The topological polar surface area (TPSA) is 51.7 Å². The number of benzene rings is 2. The molecule has 0 aliphatic carbocycles. The third-order valence-corrected chi connectivity index (χ3v) is 7.66. The van der Waals surface area contributed by atoms with E-state index in [9.17, 15) is 4.79 Å². The number of pyridine rings is 1. The number of carbonyl (C=O) groups excluding carboxylic acids is 1. The van der Waals surface area contributed by atoms with E-state index in [1.807, 2.05) is 24.3 Å². The van der Waals surface area contributed by atoms with Crippen LogP contribution in [0.5, 0.6) is 5.75 Å². The number of esters is 1. The molecule has 3 aliphatic heterocycles. The van der Waals surface area contributed by atoms with E-state index in [4.69, 9.17) is 21.1 Å². The number of nitrogens with zero attached hydrogens (tertiary/aromatic N) is 2. The van der Waals surface area contributed by atoms with Crippen molar-refractivity contribution < 1.29 is 14.3 Å². The molecule has 2 aromatic carbocycles. The van der Waals surface area contributed by atoms with Crippen LogP contribution in [0.4, 0.5) is 0 Å². The minimum absolute atomic E-state index is 0.139. The van der Waals surface area contributed by atoms with Gasteiger partial charge in [-0.2, -0.15) is 0 Å². The Hall–Kier alpha value is -2.63. The smallest absolute Gasteiger partial charge is 0.338 e. The van der Waals surface area contributed by atoms with Crippen LogP contribution in [-0.4, -0.2) is 42.1 Å². The molecular weight excluding hydrogens is 436 g/mol. The van der Waals surface area contributed by atoms with E-state index in [1.54, 1.807) is 37.6 Å². The number of fused-ring (bicyclic) bond motifs is 4. The minimum Gasteiger partial charge on any atom is -0.497 e. The number of hydrogen-bond donors (Lipinski definition) is 0. The summed E-state index contributed by atoms with van der Waals surface area (Å²) in [6.07, 6.45) is 4.85. The van der Waals surface area contributed by atoms with Crippen molar-refractivity contribution in [3.63, 3.8) is 0 Å². The number of carbonyl (C=O) groups is 1. The number of rotatable bonds is 6. The highest BCUT2D eigenvalue weighted by atomic mass is 35.5. The number of methoxy groups -OCH3 is 1. The number of ether oxygens (including phenoxy) is 2. The van der Waals surface area contributed by atoms with Gasteiger partial charge in [0.15, 0.2) is 0 Å². The van der Waals surface area contributed by atoms with E-state index < -0.39 is 6.10 Å². The minimum atomic E-state index is -0.397. The number of piperidine rings is 3. The van der Waals surface area contributed by atoms with Crippen LogP contribution < -0.4 is 4.74 Å². The molecule has 33 heavy (non-hydrogen) atoms. The summed E-state index contributed by atoms with van der Waals surface area (Å²) >= 11 is 6.03. The lowest BCUT2D eigenvalue weighted by atomic mass is 9.72. The van der Waals surface area contributed by atoms with Crippen LogP contribution in [0.25, 0.3) is 10.9 Å². The molecule has 172 valence electrons. The normalized spacial score (nSPS) is 25.1. The van der Waals surface area contributed by atoms with Crippen LogP contribution in [0.3, 0.4) is 0 Å². The highest BCUT2D eigenvalue weighted by molar-refractivity contribution is 6.30. The third kappa shape index (κ3) is 4.32. The molecule has 5 nitrogen and oxygen atoms in total. The van der Waals surface area contributed by atoms with E-state index >= 15 is 0 Å². The SMILES string of the molecule is CC[C@H]1CN2CC[C@H]1C[C@@H]2[C@H](OC(=O)c1ccc(Cl)cc1)c1ccnc2ccc(OC)cc12. The van der Waals surface area contributed by atoms with Gasteiger partial charge in [-0.3, -0.25) is 9.88 Å². The predicted molar refractivity (Wildman–Crippen MR) is 130 cm³/mol. The van der Waals surface area contributed by atoms with Crippen molar-refractivity contribution >= 4 is 28.5 Å². The summed E-state index contributed by atoms with van der Waals surface area (Å²) in [6.45, 7) is 4.39. The molecule has 6 heteroatoms. The number of aromatic nitrogens is 1. The molecule has 5 atom stereocenters. The Morgan fingerprint density at radius 2 is 2.03 bits per heavy atom. The summed E-state index contributed by atoms with van der Waals surface area (Å²) in [6, 6.07) is 14.9. The fourth-order valence-corrected chi connectivity index (χ4v) is 5.72. The molecule has 2 bridgehead atoms. The maximum absolute atomic E-state index is 13.2. The predicted octanol–water partition coefficient (Wildman–Crippen LogP) is 5.92. The largest absolute Gasteiger partial charge is 0.497 e. The highest BCUT2D eigenvalue weighted by Gasteiger charge is 2.44. The maximum Gasteiger partial charge on any atom is 0.338 e. The molecular formula is C27H29ClN2O3. The standard InChI is InChI=1S/C27H29ClN2O3/c1-3-17-16-30-13-11-19(17)14-25(30)26(33-27(31)18-4-6-20(28)7-5-18)22-10-12-29-24-9-8-21(32-2)15-23(22)24/h4-10,12,15,17,19,25-26H,3,11,13-14,16H2,1-2H3/t17-,19-,25+,26+/m0/s1. The summed E-state index contributed by atoms with van der Waals surface area (Å²) in [5.41, 5.74) is 2.35. The summed E-state index contributed by atoms with van der Waals surface area (Å²) in [5, 5.41) is 1.55. The molecule has 6 rings (SSSR count). The molecule has 0 saturated carbocycles. The first-order valence-corrected chi connectivity index (χ1v) is 12.1. The number of halogens is 1. The lowest BCUT2D eigenvalue weighted by molar-refractivity contribution is -0.0659. The molecule has 3 fully saturated rings. The fraction of sp³-hybridized carbons (Fsp3) is 0.407. The highest BCUT2D eigenvalue weighted by Crippen LogP contribution is 2.44. The van der Waals surface area contributed by atoms with Crippen molar-refractivity contribution in [2.45, 2.75) is 38.3 Å². The second-order valence-electron chi connectivity index (χ2n) is 9.13. The van der Waals surface area contributed by atoms with Crippen molar-refractivity contribution in [2.24, 2.45) is 11.8 Å². The maximum atomic E-state index is 13.2. The average molecular weight is 465 g/mol. The fourth-order valence-electron chi connectivity index (χ4n) is 5.60. The molecule has 3 aromatic rings. The van der Waals surface area contributed by atoms with Crippen LogP contribution in [0.15, 0.2) is 54.7 Å². The van der Waals surface area contributed by atoms with E-state index in [0.29, 0.717) is 16.5 Å². The lowest BCUT2D eigenvalue weighted by Gasteiger charge is -2.51. The Morgan fingerprint density at radius 1 is 1.21 bits per heavy atom. The van der Waals surface area contributed by atoms with Crippen LogP contribution >= 0.6 is 11.6 Å². The Labute approximate surface area is 199 Å². The second-order valence-corrected chi connectivity index (χ2v) is 9.57. The van der Waals surface area contributed by atoms with Crippen molar-refractivity contribution in [1.82, 2.24) is 9.88 Å². The molecule has 0 radical (unpaired) electrons. The molecule has 1 aromatic heterocycles. The van der Waals surface area contributed by atoms with Crippen LogP contribution in [0.2, 0.25) is 5.02 Å². The summed E-state index contributed by atoms with van der Waals surface area (Å²) in [5.74, 6) is 1.82. The monoisotopic (exact) mass is 464 g/mol. The van der Waals surface area contributed by atoms with Gasteiger partial charge in [0.2, 0.25) is 0 Å². The van der Waals surface area contributed by atoms with Gasteiger partial charge in [0.25, 0.3) is 0 Å². The zero-order valence-electron chi connectivity index (χ0n) is 19.0. The van der Waals surface area contributed by atoms with Crippen molar-refractivity contribution in [2.75, 3.05) is 20.2 Å². The Morgan fingerprint density at radius 3 is 2.73 bits per heavy atom. The van der Waals surface area contributed by atoms with E-state index in [2.05, 4.69) is 16.8 Å². The first-order chi connectivity index (χ1) is 16.1. The van der Waals surface area contributed by atoms with Crippen molar-refractivity contribution in [1.29, 1.82) is 0 Å². The van der Waals surface area contributed by atoms with Gasteiger partial charge in [-0.15, -0.1) is 0 Å². The summed E-state index contributed by atoms with van der Waals surface area (Å²) in [4.78, 5) is 20.3. The van der Waals surface area contributed by atoms with E-state index in [1.165, 1.54) is 12.8 Å². The quantitative estimate of drug-likeness (QED) is 0.424. The Bertz CT molecular complexity index is 1150. The van der Waals surface area contributed by atoms with Crippen molar-refractivity contribution in [3.8, 4) is 5.75 Å². The second kappa shape index (κ2) is 9.32. The first kappa shape index (κ1) is 22.2. The Balaban J connectivity index is 1.55.